The van der Waals surface area contributed by atoms with E-state index in [1.165, 1.54) is 0 Å². The number of carbonyl (C=O) groups excluding carboxylic acids is 1. The van der Waals surface area contributed by atoms with E-state index in [9.17, 15) is 4.79 Å². The van der Waals surface area contributed by atoms with Crippen LogP contribution >= 0.6 is 11.3 Å². The Morgan fingerprint density at radius 3 is 2.93 bits per heavy atom. The number of carbonyl (C=O) groups is 1. The lowest BCUT2D eigenvalue weighted by atomic mass is 10.2. The predicted molar refractivity (Wildman–Crippen MR) is 108 cm³/mol. The van der Waals surface area contributed by atoms with Crippen LogP contribution in [0.3, 0.4) is 0 Å². The molecule has 0 saturated carbocycles. The summed E-state index contributed by atoms with van der Waals surface area (Å²) >= 11 is 1.56. The van der Waals surface area contributed by atoms with Crippen LogP contribution in [0.25, 0.3) is 16.2 Å². The molecule has 1 amide bonds. The van der Waals surface area contributed by atoms with Crippen LogP contribution < -0.4 is 5.32 Å². The van der Waals surface area contributed by atoms with Crippen molar-refractivity contribution in [2.24, 2.45) is 0 Å². The fourth-order valence-electron chi connectivity index (χ4n) is 3.29. The smallest absolute Gasteiger partial charge is 0.253 e. The molecule has 0 unspecified atom stereocenters. The molecule has 0 radical (unpaired) electrons. The second-order valence-corrected chi connectivity index (χ2v) is 7.37. The number of aromatic nitrogens is 4. The summed E-state index contributed by atoms with van der Waals surface area (Å²) in [7, 11) is 0. The van der Waals surface area contributed by atoms with Crippen LogP contribution in [0.15, 0.2) is 41.9 Å². The number of nitrogens with zero attached hydrogens (tertiary/aromatic N) is 3. The number of benzene rings is 1. The van der Waals surface area contributed by atoms with Crippen LogP contribution in [0.1, 0.15) is 34.0 Å². The van der Waals surface area contributed by atoms with Gasteiger partial charge in [-0.05, 0) is 38.5 Å². The summed E-state index contributed by atoms with van der Waals surface area (Å²) in [4.78, 5) is 24.8. The van der Waals surface area contributed by atoms with Crippen LogP contribution in [0.4, 0.5) is 0 Å². The monoisotopic (exact) mass is 379 g/mol. The number of aryl methyl sites for hydroxylation is 2. The highest BCUT2D eigenvalue weighted by molar-refractivity contribution is 7.12. The van der Waals surface area contributed by atoms with E-state index in [0.29, 0.717) is 12.1 Å². The highest BCUT2D eigenvalue weighted by Crippen LogP contribution is 2.22. The highest BCUT2D eigenvalue weighted by atomic mass is 32.1. The minimum atomic E-state index is -0.0458. The van der Waals surface area contributed by atoms with Crippen molar-refractivity contribution < 1.29 is 4.79 Å². The molecule has 138 valence electrons. The Hall–Kier alpha value is -2.93. The molecule has 2 N–H and O–H groups in total. The third kappa shape index (κ3) is 3.50. The van der Waals surface area contributed by atoms with E-state index in [-0.39, 0.29) is 5.91 Å². The molecular formula is C20H21N5OS. The number of aromatic amines is 1. The van der Waals surface area contributed by atoms with Crippen molar-refractivity contribution >= 4 is 28.3 Å². The summed E-state index contributed by atoms with van der Waals surface area (Å²) in [6, 6.07) is 9.91. The van der Waals surface area contributed by atoms with Gasteiger partial charge in [0, 0.05) is 35.9 Å². The Bertz CT molecular complexity index is 1040. The van der Waals surface area contributed by atoms with E-state index in [2.05, 4.69) is 20.3 Å². The van der Waals surface area contributed by atoms with Gasteiger partial charge in [-0.2, -0.15) is 0 Å². The number of imidazole rings is 1. The number of hydrogen-bond acceptors (Lipinski definition) is 4. The highest BCUT2D eigenvalue weighted by Gasteiger charge is 2.17. The second-order valence-electron chi connectivity index (χ2n) is 6.49. The van der Waals surface area contributed by atoms with Crippen LogP contribution in [-0.2, 0) is 6.42 Å². The molecular weight excluding hydrogens is 358 g/mol. The van der Waals surface area contributed by atoms with Gasteiger partial charge in [-0.3, -0.25) is 9.36 Å². The number of hydrogen-bond donors (Lipinski definition) is 2. The van der Waals surface area contributed by atoms with E-state index in [1.54, 1.807) is 17.5 Å². The molecule has 1 aromatic carbocycles. The van der Waals surface area contributed by atoms with Crippen molar-refractivity contribution in [3.8, 4) is 5.13 Å². The van der Waals surface area contributed by atoms with E-state index in [4.69, 9.17) is 0 Å². The summed E-state index contributed by atoms with van der Waals surface area (Å²) < 4.78 is 2.02. The predicted octanol–water partition coefficient (Wildman–Crippen LogP) is 3.79. The molecule has 0 atom stereocenters. The van der Waals surface area contributed by atoms with E-state index >= 15 is 0 Å². The van der Waals surface area contributed by atoms with Crippen molar-refractivity contribution in [2.75, 3.05) is 6.54 Å². The summed E-state index contributed by atoms with van der Waals surface area (Å²) in [5.74, 6) is 0.905. The molecule has 0 aliphatic rings. The first-order chi connectivity index (χ1) is 13.1. The first-order valence-electron chi connectivity index (χ1n) is 8.94. The minimum absolute atomic E-state index is 0.0458. The molecule has 3 heterocycles. The molecule has 4 rings (SSSR count). The van der Waals surface area contributed by atoms with E-state index < -0.39 is 0 Å². The number of thiazole rings is 1. The Morgan fingerprint density at radius 2 is 2.15 bits per heavy atom. The van der Waals surface area contributed by atoms with Crippen LogP contribution in [0, 0.1) is 13.8 Å². The zero-order valence-electron chi connectivity index (χ0n) is 15.3. The first kappa shape index (κ1) is 17.5. The molecule has 0 spiro atoms. The molecule has 0 aliphatic carbocycles. The van der Waals surface area contributed by atoms with Gasteiger partial charge in [-0.15, -0.1) is 11.3 Å². The van der Waals surface area contributed by atoms with Crippen molar-refractivity contribution in [3.63, 3.8) is 0 Å². The molecule has 0 fully saturated rings. The molecule has 3 aromatic heterocycles. The summed E-state index contributed by atoms with van der Waals surface area (Å²) in [5, 5.41) is 5.84. The van der Waals surface area contributed by atoms with Gasteiger partial charge in [-0.1, -0.05) is 12.1 Å². The van der Waals surface area contributed by atoms with Gasteiger partial charge in [0.2, 0.25) is 0 Å². The normalized spacial score (nSPS) is 11.2. The van der Waals surface area contributed by atoms with Crippen molar-refractivity contribution in [3.05, 3.63) is 64.7 Å². The molecule has 27 heavy (non-hydrogen) atoms. The molecule has 0 aliphatic heterocycles. The number of rotatable bonds is 6. The lowest BCUT2D eigenvalue weighted by Crippen LogP contribution is -2.25. The summed E-state index contributed by atoms with van der Waals surface area (Å²) in [6.45, 7) is 4.56. The van der Waals surface area contributed by atoms with Gasteiger partial charge in [0.25, 0.3) is 5.91 Å². The lowest BCUT2D eigenvalue weighted by molar-refractivity contribution is 0.0952. The number of amides is 1. The largest absolute Gasteiger partial charge is 0.352 e. The molecule has 0 bridgehead atoms. The molecule has 0 saturated heterocycles. The van der Waals surface area contributed by atoms with Crippen molar-refractivity contribution in [1.29, 1.82) is 0 Å². The molecule has 7 heteroatoms. The molecule has 4 aromatic rings. The fraction of sp³-hybridized carbons (Fsp3) is 0.250. The topological polar surface area (TPSA) is 75.6 Å². The van der Waals surface area contributed by atoms with Gasteiger partial charge in [-0.25, -0.2) is 9.97 Å². The van der Waals surface area contributed by atoms with Gasteiger partial charge >= 0.3 is 0 Å². The Morgan fingerprint density at radius 1 is 1.30 bits per heavy atom. The number of H-pyrrole nitrogens is 1. The maximum atomic E-state index is 12.6. The van der Waals surface area contributed by atoms with E-state index in [1.807, 2.05) is 54.1 Å². The summed E-state index contributed by atoms with van der Waals surface area (Å²) in [6.07, 6.45) is 3.40. The summed E-state index contributed by atoms with van der Waals surface area (Å²) in [5.41, 5.74) is 4.65. The molecule has 6 nitrogen and oxygen atoms in total. The second kappa shape index (κ2) is 7.36. The standard InChI is InChI=1S/C20H21N5OS/c1-13-12-15(14(2)25(13)20-22-10-11-27-20)19(26)21-9-5-8-18-23-16-6-3-4-7-17(16)24-18/h3-4,6-7,10-12H,5,8-9H2,1-2H3,(H,21,26)(H,23,24). The zero-order valence-corrected chi connectivity index (χ0v) is 16.1. The average molecular weight is 379 g/mol. The SMILES string of the molecule is Cc1cc(C(=O)NCCCc2nc3ccccc3[nH]2)c(C)n1-c1nccs1. The van der Waals surface area contributed by atoms with Crippen LogP contribution in [0.2, 0.25) is 0 Å². The van der Waals surface area contributed by atoms with Crippen molar-refractivity contribution in [2.45, 2.75) is 26.7 Å². The maximum absolute atomic E-state index is 12.6. The number of para-hydroxylation sites is 2. The lowest BCUT2D eigenvalue weighted by Gasteiger charge is -2.06. The van der Waals surface area contributed by atoms with Gasteiger partial charge < -0.3 is 10.3 Å². The number of fused-ring (bicyclic) bond motifs is 1. The van der Waals surface area contributed by atoms with Gasteiger partial charge in [0.15, 0.2) is 5.13 Å². The average Bonchev–Trinajstić information content (AvgIpc) is 3.37. The van der Waals surface area contributed by atoms with Crippen LogP contribution in [0.5, 0.6) is 0 Å². The fourth-order valence-corrected chi connectivity index (χ4v) is 4.04. The Labute approximate surface area is 161 Å². The van der Waals surface area contributed by atoms with E-state index in [0.717, 1.165) is 46.2 Å². The number of nitrogens with one attached hydrogen (secondary N) is 2. The Balaban J connectivity index is 1.36. The zero-order chi connectivity index (χ0) is 18.8. The van der Waals surface area contributed by atoms with Crippen molar-refractivity contribution in [1.82, 2.24) is 24.8 Å². The first-order valence-corrected chi connectivity index (χ1v) is 9.82. The third-order valence-corrected chi connectivity index (χ3v) is 5.36. The third-order valence-electron chi connectivity index (χ3n) is 4.60. The van der Waals surface area contributed by atoms with Gasteiger partial charge in [0.05, 0.1) is 16.6 Å². The van der Waals surface area contributed by atoms with Crippen LogP contribution in [-0.4, -0.2) is 32.0 Å². The van der Waals surface area contributed by atoms with Gasteiger partial charge in [0.1, 0.15) is 5.82 Å². The Kier molecular flexibility index (Phi) is 4.77. The minimum Gasteiger partial charge on any atom is -0.352 e. The quantitative estimate of drug-likeness (QED) is 0.501. The maximum Gasteiger partial charge on any atom is 0.253 e.